The first kappa shape index (κ1) is 16.3. The molecule has 0 saturated heterocycles. The Hall–Kier alpha value is -3.15. The predicted octanol–water partition coefficient (Wildman–Crippen LogP) is 3.63. The van der Waals surface area contributed by atoms with E-state index in [1.807, 2.05) is 18.2 Å². The fourth-order valence-corrected chi connectivity index (χ4v) is 3.43. The minimum atomic E-state index is 0.125. The van der Waals surface area contributed by atoms with Gasteiger partial charge in [0.15, 0.2) is 11.5 Å². The Morgan fingerprint density at radius 1 is 1.00 bits per heavy atom. The topological polar surface area (TPSA) is 67.9 Å². The number of fused-ring (bicyclic) bond motifs is 1. The molecule has 6 heteroatoms. The van der Waals surface area contributed by atoms with Crippen LogP contribution in [0.5, 0.6) is 17.2 Å². The molecule has 1 atom stereocenters. The van der Waals surface area contributed by atoms with Gasteiger partial charge in [0.2, 0.25) is 5.75 Å². The van der Waals surface area contributed by atoms with Gasteiger partial charge in [-0.05, 0) is 18.2 Å². The number of nitrogens with zero attached hydrogens (tertiary/aromatic N) is 1. The largest absolute Gasteiger partial charge is 0.493 e. The van der Waals surface area contributed by atoms with Crippen LogP contribution in [0.15, 0.2) is 47.7 Å². The number of benzene rings is 2. The molecule has 4 rings (SSSR count). The van der Waals surface area contributed by atoms with Crippen LogP contribution in [0.3, 0.4) is 0 Å². The number of hydrazone groups is 1. The number of rotatable bonds is 5. The Labute approximate surface area is 151 Å². The minimum Gasteiger partial charge on any atom is -0.493 e. The molecule has 0 radical (unpaired) electrons. The SMILES string of the molecule is COc1cc(C2=NNC(c3c[nH]c4ccccc34)C2)cc(OC)c1OC. The smallest absolute Gasteiger partial charge is 0.203 e. The second-order valence-corrected chi connectivity index (χ2v) is 6.15. The van der Waals surface area contributed by atoms with Gasteiger partial charge in [0.05, 0.1) is 33.1 Å². The maximum Gasteiger partial charge on any atom is 0.203 e. The van der Waals surface area contributed by atoms with Crippen molar-refractivity contribution in [2.75, 3.05) is 21.3 Å². The van der Waals surface area contributed by atoms with Crippen LogP contribution in [-0.4, -0.2) is 32.0 Å². The van der Waals surface area contributed by atoms with Crippen LogP contribution in [-0.2, 0) is 0 Å². The van der Waals surface area contributed by atoms with Gasteiger partial charge in [-0.2, -0.15) is 5.10 Å². The van der Waals surface area contributed by atoms with Crippen molar-refractivity contribution in [3.8, 4) is 17.2 Å². The van der Waals surface area contributed by atoms with Crippen LogP contribution in [0, 0.1) is 0 Å². The molecule has 0 bridgehead atoms. The summed E-state index contributed by atoms with van der Waals surface area (Å²) in [6, 6.07) is 12.3. The third-order valence-corrected chi connectivity index (χ3v) is 4.75. The van der Waals surface area contributed by atoms with Crippen molar-refractivity contribution in [2.24, 2.45) is 5.10 Å². The van der Waals surface area contributed by atoms with E-state index in [-0.39, 0.29) is 6.04 Å². The Balaban J connectivity index is 1.64. The summed E-state index contributed by atoms with van der Waals surface area (Å²) >= 11 is 0. The summed E-state index contributed by atoms with van der Waals surface area (Å²) in [7, 11) is 4.83. The van der Waals surface area contributed by atoms with Crippen molar-refractivity contribution < 1.29 is 14.2 Å². The number of hydrogen-bond acceptors (Lipinski definition) is 5. The fourth-order valence-electron chi connectivity index (χ4n) is 3.43. The summed E-state index contributed by atoms with van der Waals surface area (Å²) in [4.78, 5) is 3.32. The van der Waals surface area contributed by atoms with Gasteiger partial charge in [0, 0.05) is 34.6 Å². The predicted molar refractivity (Wildman–Crippen MR) is 101 cm³/mol. The van der Waals surface area contributed by atoms with E-state index in [1.165, 1.54) is 10.9 Å². The first-order valence-electron chi connectivity index (χ1n) is 8.43. The molecule has 26 heavy (non-hydrogen) atoms. The quantitative estimate of drug-likeness (QED) is 0.736. The second-order valence-electron chi connectivity index (χ2n) is 6.15. The van der Waals surface area contributed by atoms with E-state index in [0.29, 0.717) is 17.2 Å². The molecule has 134 valence electrons. The molecule has 0 saturated carbocycles. The number of ether oxygens (including phenoxy) is 3. The number of aromatic nitrogens is 1. The molecule has 1 unspecified atom stereocenters. The van der Waals surface area contributed by atoms with Crippen LogP contribution < -0.4 is 19.6 Å². The highest BCUT2D eigenvalue weighted by Crippen LogP contribution is 2.39. The summed E-state index contributed by atoms with van der Waals surface area (Å²) in [6.07, 6.45) is 2.83. The zero-order valence-corrected chi connectivity index (χ0v) is 15.0. The third-order valence-electron chi connectivity index (χ3n) is 4.75. The van der Waals surface area contributed by atoms with Gasteiger partial charge in [-0.15, -0.1) is 0 Å². The Bertz CT molecular complexity index is 952. The average Bonchev–Trinajstić information content (AvgIpc) is 3.33. The number of nitrogens with one attached hydrogen (secondary N) is 2. The third kappa shape index (κ3) is 2.63. The highest BCUT2D eigenvalue weighted by Gasteiger charge is 2.25. The van der Waals surface area contributed by atoms with Gasteiger partial charge in [0.25, 0.3) is 0 Å². The van der Waals surface area contributed by atoms with Crippen LogP contribution in [0.25, 0.3) is 10.9 Å². The Morgan fingerprint density at radius 2 is 1.73 bits per heavy atom. The molecule has 2 aromatic carbocycles. The monoisotopic (exact) mass is 351 g/mol. The van der Waals surface area contributed by atoms with Crippen molar-refractivity contribution >= 4 is 16.6 Å². The number of H-pyrrole nitrogens is 1. The van der Waals surface area contributed by atoms with Crippen molar-refractivity contribution in [1.82, 2.24) is 10.4 Å². The Morgan fingerprint density at radius 3 is 2.42 bits per heavy atom. The molecule has 1 aliphatic heterocycles. The summed E-state index contributed by atoms with van der Waals surface area (Å²) in [5.74, 6) is 1.83. The summed E-state index contributed by atoms with van der Waals surface area (Å²) in [6.45, 7) is 0. The van der Waals surface area contributed by atoms with E-state index in [0.717, 1.165) is 23.2 Å². The van der Waals surface area contributed by atoms with Crippen molar-refractivity contribution in [3.05, 3.63) is 53.7 Å². The lowest BCUT2D eigenvalue weighted by molar-refractivity contribution is 0.324. The lowest BCUT2D eigenvalue weighted by Gasteiger charge is -2.14. The molecule has 0 amide bonds. The normalized spacial score (nSPS) is 16.3. The number of para-hydroxylation sites is 1. The lowest BCUT2D eigenvalue weighted by Crippen LogP contribution is -2.09. The number of hydrogen-bond donors (Lipinski definition) is 2. The van der Waals surface area contributed by atoms with E-state index < -0.39 is 0 Å². The fraction of sp³-hybridized carbons (Fsp3) is 0.250. The highest BCUT2D eigenvalue weighted by atomic mass is 16.5. The van der Waals surface area contributed by atoms with Gasteiger partial charge in [-0.1, -0.05) is 18.2 Å². The molecular weight excluding hydrogens is 330 g/mol. The molecule has 0 spiro atoms. The van der Waals surface area contributed by atoms with Gasteiger partial charge >= 0.3 is 0 Å². The Kier molecular flexibility index (Phi) is 4.16. The van der Waals surface area contributed by atoms with E-state index in [1.54, 1.807) is 21.3 Å². The van der Waals surface area contributed by atoms with E-state index >= 15 is 0 Å². The van der Waals surface area contributed by atoms with Gasteiger partial charge in [-0.3, -0.25) is 0 Å². The first-order chi connectivity index (χ1) is 12.7. The zero-order chi connectivity index (χ0) is 18.1. The molecule has 0 aliphatic carbocycles. The second kappa shape index (κ2) is 6.63. The number of aromatic amines is 1. The van der Waals surface area contributed by atoms with Crippen molar-refractivity contribution in [3.63, 3.8) is 0 Å². The number of methoxy groups -OCH3 is 3. The molecule has 1 aliphatic rings. The van der Waals surface area contributed by atoms with Gasteiger partial charge < -0.3 is 24.6 Å². The standard InChI is InChI=1S/C20H21N3O3/c1-24-18-8-12(9-19(25-2)20(18)26-3)16-10-17(23-22-16)14-11-21-15-7-5-4-6-13(14)15/h4-9,11,17,21,23H,10H2,1-3H3. The molecule has 0 fully saturated rings. The van der Waals surface area contributed by atoms with Crippen molar-refractivity contribution in [2.45, 2.75) is 12.5 Å². The average molecular weight is 351 g/mol. The highest BCUT2D eigenvalue weighted by molar-refractivity contribution is 6.03. The lowest BCUT2D eigenvalue weighted by atomic mass is 9.98. The van der Waals surface area contributed by atoms with Gasteiger partial charge in [0.1, 0.15) is 0 Å². The maximum absolute atomic E-state index is 5.45. The first-order valence-corrected chi connectivity index (χ1v) is 8.43. The molecule has 2 heterocycles. The minimum absolute atomic E-state index is 0.125. The van der Waals surface area contributed by atoms with Crippen molar-refractivity contribution in [1.29, 1.82) is 0 Å². The van der Waals surface area contributed by atoms with E-state index in [9.17, 15) is 0 Å². The van der Waals surface area contributed by atoms with E-state index in [2.05, 4.69) is 39.9 Å². The maximum atomic E-state index is 5.45. The summed E-state index contributed by atoms with van der Waals surface area (Å²) in [5.41, 5.74) is 7.51. The van der Waals surface area contributed by atoms with Crippen LogP contribution >= 0.6 is 0 Å². The molecular formula is C20H21N3O3. The van der Waals surface area contributed by atoms with E-state index in [4.69, 9.17) is 14.2 Å². The van der Waals surface area contributed by atoms with Crippen LogP contribution in [0.4, 0.5) is 0 Å². The molecule has 2 N–H and O–H groups in total. The van der Waals surface area contributed by atoms with Crippen LogP contribution in [0.2, 0.25) is 0 Å². The molecule has 3 aromatic rings. The molecule has 1 aromatic heterocycles. The summed E-state index contributed by atoms with van der Waals surface area (Å²) in [5, 5.41) is 5.77. The summed E-state index contributed by atoms with van der Waals surface area (Å²) < 4.78 is 16.3. The zero-order valence-electron chi connectivity index (χ0n) is 15.0. The van der Waals surface area contributed by atoms with Crippen LogP contribution in [0.1, 0.15) is 23.6 Å². The molecule has 6 nitrogen and oxygen atoms in total. The van der Waals surface area contributed by atoms with Gasteiger partial charge in [-0.25, -0.2) is 0 Å².